The number of epoxide rings is 1. The number of carbonyl (C=O) groups excluding carboxylic acids is 1. The molecule has 2 aromatic carbocycles. The molecule has 0 unspecified atom stereocenters. The van der Waals surface area contributed by atoms with E-state index < -0.39 is 6.10 Å². The summed E-state index contributed by atoms with van der Waals surface area (Å²) in [6, 6.07) is 14.7. The number of aromatic hydroxyl groups is 1. The van der Waals surface area contributed by atoms with E-state index in [9.17, 15) is 9.90 Å². The maximum Gasteiger partial charge on any atom is 0.198 e. The summed E-state index contributed by atoms with van der Waals surface area (Å²) in [6.07, 6.45) is -0.662. The first-order valence-corrected chi connectivity index (χ1v) is 6.21. The van der Waals surface area contributed by atoms with Gasteiger partial charge in [0.1, 0.15) is 11.9 Å². The van der Waals surface area contributed by atoms with E-state index in [-0.39, 0.29) is 17.6 Å². The highest BCUT2D eigenvalue weighted by Crippen LogP contribution is 2.41. The molecule has 1 N–H and O–H groups in total. The molecule has 0 radical (unpaired) electrons. The minimum absolute atomic E-state index is 0.0207. The second kappa shape index (κ2) is 4.52. The lowest BCUT2D eigenvalue weighted by Gasteiger charge is -2.02. The van der Waals surface area contributed by atoms with Gasteiger partial charge in [0.05, 0.1) is 5.56 Å². The topological polar surface area (TPSA) is 49.8 Å². The van der Waals surface area contributed by atoms with Gasteiger partial charge in [-0.1, -0.05) is 36.4 Å². The molecule has 3 rings (SSSR count). The van der Waals surface area contributed by atoms with Gasteiger partial charge in [0, 0.05) is 0 Å². The molecular weight excluding hydrogens is 240 g/mol. The number of phenols is 1. The highest BCUT2D eigenvalue weighted by atomic mass is 16.6. The van der Waals surface area contributed by atoms with Crippen LogP contribution in [0.5, 0.6) is 5.75 Å². The van der Waals surface area contributed by atoms with Crippen molar-refractivity contribution in [2.75, 3.05) is 0 Å². The van der Waals surface area contributed by atoms with Crippen LogP contribution in [0.4, 0.5) is 0 Å². The average Bonchev–Trinajstić information content (AvgIpc) is 3.19. The van der Waals surface area contributed by atoms with Crippen LogP contribution in [0, 0.1) is 6.92 Å². The monoisotopic (exact) mass is 254 g/mol. The first-order valence-electron chi connectivity index (χ1n) is 6.21. The third-order valence-electron chi connectivity index (χ3n) is 3.30. The number of ketones is 1. The van der Waals surface area contributed by atoms with E-state index in [1.807, 2.05) is 43.3 Å². The number of carbonyl (C=O) groups is 1. The predicted octanol–water partition coefficient (Wildman–Crippen LogP) is 3.02. The first kappa shape index (κ1) is 11.9. The van der Waals surface area contributed by atoms with Crippen molar-refractivity contribution in [3.05, 3.63) is 65.2 Å². The first-order chi connectivity index (χ1) is 9.16. The molecule has 1 fully saturated rings. The fourth-order valence-electron chi connectivity index (χ4n) is 2.21. The molecule has 0 amide bonds. The van der Waals surface area contributed by atoms with Crippen molar-refractivity contribution in [2.45, 2.75) is 19.1 Å². The largest absolute Gasteiger partial charge is 0.507 e. The predicted molar refractivity (Wildman–Crippen MR) is 71.2 cm³/mol. The van der Waals surface area contributed by atoms with Crippen molar-refractivity contribution in [2.24, 2.45) is 0 Å². The van der Waals surface area contributed by atoms with Crippen molar-refractivity contribution in [3.8, 4) is 5.75 Å². The Morgan fingerprint density at radius 2 is 1.89 bits per heavy atom. The summed E-state index contributed by atoms with van der Waals surface area (Å²) in [5, 5.41) is 9.82. The fraction of sp³-hybridized carbons (Fsp3) is 0.188. The Hall–Kier alpha value is -2.13. The Balaban J connectivity index is 1.80. The van der Waals surface area contributed by atoms with Gasteiger partial charge in [0.15, 0.2) is 11.9 Å². The lowest BCUT2D eigenvalue weighted by molar-refractivity contribution is 0.0951. The maximum absolute atomic E-state index is 12.2. The lowest BCUT2D eigenvalue weighted by Crippen LogP contribution is -2.08. The number of benzene rings is 2. The van der Waals surface area contributed by atoms with Crippen LogP contribution < -0.4 is 0 Å². The van der Waals surface area contributed by atoms with Gasteiger partial charge in [0.2, 0.25) is 0 Å². The molecule has 19 heavy (non-hydrogen) atoms. The van der Waals surface area contributed by atoms with Gasteiger partial charge in [-0.2, -0.15) is 0 Å². The van der Waals surface area contributed by atoms with E-state index in [0.717, 1.165) is 11.1 Å². The summed E-state index contributed by atoms with van der Waals surface area (Å²) < 4.78 is 5.44. The van der Waals surface area contributed by atoms with Gasteiger partial charge in [-0.15, -0.1) is 0 Å². The summed E-state index contributed by atoms with van der Waals surface area (Å²) in [7, 11) is 0. The zero-order chi connectivity index (χ0) is 13.4. The quantitative estimate of drug-likeness (QED) is 0.676. The Bertz CT molecular complexity index is 619. The second-order valence-electron chi connectivity index (χ2n) is 4.77. The second-order valence-corrected chi connectivity index (χ2v) is 4.77. The molecule has 1 aliphatic heterocycles. The summed E-state index contributed by atoms with van der Waals surface area (Å²) in [5.41, 5.74) is 2.24. The van der Waals surface area contributed by atoms with Crippen molar-refractivity contribution in [1.82, 2.24) is 0 Å². The lowest BCUT2D eigenvalue weighted by atomic mass is 10.0. The van der Waals surface area contributed by atoms with Crippen molar-refractivity contribution in [1.29, 1.82) is 0 Å². The average molecular weight is 254 g/mol. The zero-order valence-electron chi connectivity index (χ0n) is 10.5. The molecule has 2 atom stereocenters. The molecule has 0 aromatic heterocycles. The van der Waals surface area contributed by atoms with E-state index in [1.54, 1.807) is 12.1 Å². The van der Waals surface area contributed by atoms with Crippen LogP contribution in [0.15, 0.2) is 48.5 Å². The van der Waals surface area contributed by atoms with E-state index in [2.05, 4.69) is 0 Å². The minimum Gasteiger partial charge on any atom is -0.507 e. The van der Waals surface area contributed by atoms with Crippen LogP contribution in [0.2, 0.25) is 0 Å². The molecule has 3 nitrogen and oxygen atoms in total. The summed E-state index contributed by atoms with van der Waals surface area (Å²) in [4.78, 5) is 12.2. The highest BCUT2D eigenvalue weighted by Gasteiger charge is 2.46. The van der Waals surface area contributed by atoms with E-state index >= 15 is 0 Å². The van der Waals surface area contributed by atoms with Crippen LogP contribution in [0.25, 0.3) is 0 Å². The minimum atomic E-state index is -0.476. The molecule has 0 aliphatic carbocycles. The standard InChI is InChI=1S/C16H14O3/c1-10-7-8-12(13(17)9-10)14(18)16-15(19-16)11-5-3-2-4-6-11/h2-9,15-17H,1H3/t15-,16+/m0/s1. The van der Waals surface area contributed by atoms with Gasteiger partial charge < -0.3 is 9.84 Å². The number of aryl methyl sites for hydroxylation is 1. The number of rotatable bonds is 3. The molecule has 1 saturated heterocycles. The number of ether oxygens (including phenoxy) is 1. The summed E-state index contributed by atoms with van der Waals surface area (Å²) >= 11 is 0. The molecule has 3 heteroatoms. The van der Waals surface area contributed by atoms with Crippen molar-refractivity contribution in [3.63, 3.8) is 0 Å². The fourth-order valence-corrected chi connectivity index (χ4v) is 2.21. The molecule has 0 spiro atoms. The van der Waals surface area contributed by atoms with Crippen LogP contribution >= 0.6 is 0 Å². The van der Waals surface area contributed by atoms with Crippen LogP contribution in [0.1, 0.15) is 27.6 Å². The Labute approximate surface area is 111 Å². The smallest absolute Gasteiger partial charge is 0.198 e. The molecule has 0 bridgehead atoms. The van der Waals surface area contributed by atoms with Gasteiger partial charge >= 0.3 is 0 Å². The normalized spacial score (nSPS) is 21.1. The Morgan fingerprint density at radius 1 is 1.16 bits per heavy atom. The SMILES string of the molecule is Cc1ccc(C(=O)[C@H]2O[C@H]2c2ccccc2)c(O)c1. The number of Topliss-reactive ketones (excluding diaryl/α,β-unsaturated/α-hetero) is 1. The van der Waals surface area contributed by atoms with Crippen molar-refractivity contribution >= 4 is 5.78 Å². The molecular formula is C16H14O3. The molecule has 96 valence electrons. The molecule has 1 aliphatic rings. The van der Waals surface area contributed by atoms with Crippen molar-refractivity contribution < 1.29 is 14.6 Å². The van der Waals surface area contributed by atoms with Crippen LogP contribution in [-0.4, -0.2) is 17.0 Å². The van der Waals surface area contributed by atoms with Gasteiger partial charge in [-0.3, -0.25) is 4.79 Å². The van der Waals surface area contributed by atoms with E-state index in [1.165, 1.54) is 0 Å². The molecule has 2 aromatic rings. The number of hydrogen-bond donors (Lipinski definition) is 1. The third-order valence-corrected chi connectivity index (χ3v) is 3.30. The van der Waals surface area contributed by atoms with E-state index in [4.69, 9.17) is 4.74 Å². The van der Waals surface area contributed by atoms with Crippen LogP contribution in [0.3, 0.4) is 0 Å². The van der Waals surface area contributed by atoms with Gasteiger partial charge in [-0.25, -0.2) is 0 Å². The Morgan fingerprint density at radius 3 is 2.58 bits per heavy atom. The van der Waals surface area contributed by atoms with Gasteiger partial charge in [0.25, 0.3) is 0 Å². The maximum atomic E-state index is 12.2. The Kier molecular flexibility index (Phi) is 2.84. The molecule has 1 heterocycles. The van der Waals surface area contributed by atoms with Crippen LogP contribution in [-0.2, 0) is 4.74 Å². The highest BCUT2D eigenvalue weighted by molar-refractivity contribution is 6.03. The summed E-state index contributed by atoms with van der Waals surface area (Å²) in [6.45, 7) is 1.87. The third kappa shape index (κ3) is 2.25. The number of hydrogen-bond acceptors (Lipinski definition) is 3. The zero-order valence-corrected chi connectivity index (χ0v) is 10.5. The molecule has 0 saturated carbocycles. The summed E-state index contributed by atoms with van der Waals surface area (Å²) in [5.74, 6) is -0.140. The number of phenolic OH excluding ortho intramolecular Hbond substituents is 1. The van der Waals surface area contributed by atoms with E-state index in [0.29, 0.717) is 5.56 Å². The van der Waals surface area contributed by atoms with Gasteiger partial charge in [-0.05, 0) is 30.2 Å².